The molecule has 9 nitrogen and oxygen atoms in total. The van der Waals surface area contributed by atoms with Crippen molar-refractivity contribution in [2.45, 2.75) is 63.0 Å². The van der Waals surface area contributed by atoms with E-state index in [0.717, 1.165) is 6.42 Å². The number of aliphatic hydroxyl groups excluding tert-OH is 1. The van der Waals surface area contributed by atoms with Gasteiger partial charge in [0.2, 0.25) is 0 Å². The topological polar surface area (TPSA) is 93.1 Å². The molecule has 3 saturated heterocycles. The van der Waals surface area contributed by atoms with Gasteiger partial charge in [0.25, 0.3) is 0 Å². The van der Waals surface area contributed by atoms with Crippen LogP contribution >= 0.6 is 0 Å². The number of fused-ring (bicyclic) bond motifs is 5. The van der Waals surface area contributed by atoms with Crippen LogP contribution in [0.2, 0.25) is 0 Å². The lowest BCUT2D eigenvalue weighted by Crippen LogP contribution is -2.43. The van der Waals surface area contributed by atoms with Crippen molar-refractivity contribution in [1.82, 2.24) is 19.9 Å². The lowest BCUT2D eigenvalue weighted by atomic mass is 9.94. The Labute approximate surface area is 281 Å². The monoisotopic (exact) mass is 681 g/mol. The summed E-state index contributed by atoms with van der Waals surface area (Å²) in [5, 5.41) is 12.1. The van der Waals surface area contributed by atoms with E-state index in [2.05, 4.69) is 9.97 Å². The van der Waals surface area contributed by atoms with Gasteiger partial charge in [0.15, 0.2) is 12.6 Å². The molecule has 2 bridgehead atoms. The molecule has 3 aliphatic heterocycles. The van der Waals surface area contributed by atoms with Crippen LogP contribution < -0.4 is 14.4 Å². The van der Waals surface area contributed by atoms with E-state index in [1.165, 1.54) is 19.4 Å². The molecule has 260 valence electrons. The van der Waals surface area contributed by atoms with Gasteiger partial charge in [-0.3, -0.25) is 9.88 Å². The van der Waals surface area contributed by atoms with Crippen molar-refractivity contribution in [2.24, 2.45) is 11.8 Å². The third kappa shape index (κ3) is 5.63. The highest BCUT2D eigenvalue weighted by Gasteiger charge is 2.53. The maximum absolute atomic E-state index is 17.1. The number of pyridine rings is 1. The Bertz CT molecular complexity index is 1900. The van der Waals surface area contributed by atoms with Crippen LogP contribution in [0.3, 0.4) is 0 Å². The van der Waals surface area contributed by atoms with Gasteiger partial charge in [0.1, 0.15) is 47.5 Å². The molecule has 2 unspecified atom stereocenters. The molecule has 4 aliphatic rings. The van der Waals surface area contributed by atoms with Gasteiger partial charge in [-0.25, -0.2) is 17.6 Å². The molecule has 4 aromatic rings. The zero-order valence-corrected chi connectivity index (χ0v) is 27.5. The predicted molar refractivity (Wildman–Crippen MR) is 175 cm³/mol. The van der Waals surface area contributed by atoms with Gasteiger partial charge in [0.05, 0.1) is 17.0 Å². The van der Waals surface area contributed by atoms with Crippen molar-refractivity contribution in [3.05, 3.63) is 47.7 Å². The second kappa shape index (κ2) is 12.5. The van der Waals surface area contributed by atoms with E-state index in [1.807, 2.05) is 11.8 Å². The molecule has 1 aliphatic carbocycles. The number of aryl methyl sites for hydroxylation is 1. The van der Waals surface area contributed by atoms with Gasteiger partial charge in [-0.2, -0.15) is 9.97 Å². The number of piperidine rings is 1. The number of ether oxygens (including phenoxy) is 3. The smallest absolute Gasteiger partial charge is 0.319 e. The first-order valence-electron chi connectivity index (χ1n) is 17.0. The second-order valence-electron chi connectivity index (χ2n) is 14.1. The minimum absolute atomic E-state index is 0.0428. The van der Waals surface area contributed by atoms with Crippen molar-refractivity contribution in [3.63, 3.8) is 0 Å². The van der Waals surface area contributed by atoms with E-state index in [1.54, 1.807) is 23.1 Å². The number of aromatic nitrogens is 3. The second-order valence-corrected chi connectivity index (χ2v) is 14.1. The van der Waals surface area contributed by atoms with Gasteiger partial charge < -0.3 is 24.2 Å². The Morgan fingerprint density at radius 3 is 2.53 bits per heavy atom. The van der Waals surface area contributed by atoms with E-state index in [0.29, 0.717) is 64.8 Å². The molecule has 13 heteroatoms. The number of aliphatic hydroxyl groups is 1. The molecule has 1 N–H and O–H groups in total. The summed E-state index contributed by atoms with van der Waals surface area (Å²) < 4.78 is 78.3. The fourth-order valence-corrected chi connectivity index (χ4v) is 8.79. The zero-order chi connectivity index (χ0) is 34.0. The van der Waals surface area contributed by atoms with Crippen LogP contribution in [0.15, 0.2) is 30.5 Å². The largest absolute Gasteiger partial charge is 0.468 e. The van der Waals surface area contributed by atoms with Gasteiger partial charge in [-0.1, -0.05) is 13.0 Å². The van der Waals surface area contributed by atoms with Crippen LogP contribution in [0.5, 0.6) is 11.8 Å². The minimum Gasteiger partial charge on any atom is -0.468 e. The molecule has 0 amide bonds. The summed E-state index contributed by atoms with van der Waals surface area (Å²) in [6.45, 7) is 3.13. The van der Waals surface area contributed by atoms with Crippen LogP contribution in [-0.2, 0) is 11.2 Å². The maximum Gasteiger partial charge on any atom is 0.319 e. The first-order chi connectivity index (χ1) is 23.7. The van der Waals surface area contributed by atoms with E-state index in [-0.39, 0.29) is 68.4 Å². The normalized spacial score (nSPS) is 28.1. The molecular weight excluding hydrogens is 642 g/mol. The molecular formula is C36H39F4N5O4. The summed E-state index contributed by atoms with van der Waals surface area (Å²) in [7, 11) is 1.49. The lowest BCUT2D eigenvalue weighted by Gasteiger charge is -2.34. The van der Waals surface area contributed by atoms with Gasteiger partial charge in [-0.15, -0.1) is 0 Å². The Hall–Kier alpha value is -3.81. The highest BCUT2D eigenvalue weighted by atomic mass is 19.1. The lowest BCUT2D eigenvalue weighted by molar-refractivity contribution is 0.0512. The fourth-order valence-electron chi connectivity index (χ4n) is 8.79. The molecule has 4 fully saturated rings. The molecule has 2 aromatic heterocycles. The van der Waals surface area contributed by atoms with E-state index in [4.69, 9.17) is 19.2 Å². The van der Waals surface area contributed by atoms with Crippen molar-refractivity contribution in [2.75, 3.05) is 51.6 Å². The van der Waals surface area contributed by atoms with Crippen LogP contribution in [0.4, 0.5) is 23.4 Å². The fraction of sp³-hybridized carbons (Fsp3) is 0.528. The molecule has 8 rings (SSSR count). The number of methoxy groups -OCH3 is 1. The molecule has 5 heterocycles. The zero-order valence-electron chi connectivity index (χ0n) is 27.5. The molecule has 49 heavy (non-hydrogen) atoms. The van der Waals surface area contributed by atoms with E-state index in [9.17, 15) is 13.9 Å². The number of hydrogen-bond acceptors (Lipinski definition) is 9. The summed E-state index contributed by atoms with van der Waals surface area (Å²) >= 11 is 0. The molecule has 2 aromatic carbocycles. The highest BCUT2D eigenvalue weighted by Crippen LogP contribution is 2.44. The first kappa shape index (κ1) is 32.4. The van der Waals surface area contributed by atoms with Gasteiger partial charge >= 0.3 is 6.01 Å². The molecule has 5 atom stereocenters. The van der Waals surface area contributed by atoms with Gasteiger partial charge in [0, 0.05) is 63.8 Å². The number of halogens is 4. The van der Waals surface area contributed by atoms with E-state index >= 15 is 8.78 Å². The van der Waals surface area contributed by atoms with Crippen molar-refractivity contribution in [1.29, 1.82) is 0 Å². The van der Waals surface area contributed by atoms with Crippen LogP contribution in [-0.4, -0.2) is 95.6 Å². The Morgan fingerprint density at radius 1 is 1.00 bits per heavy atom. The SMILES string of the molecule is CCc1c(F)ccc2cc(OCOC)cc(-c3ncc4c(N5C[C@@H]6C[C@H](C5)[C@H](O)C6)nc(OCC56CC(F)CN5CC(F)C6)nc4c3F)c12. The highest BCUT2D eigenvalue weighted by molar-refractivity contribution is 6.01. The summed E-state index contributed by atoms with van der Waals surface area (Å²) in [6.07, 6.45) is 1.12. The van der Waals surface area contributed by atoms with Crippen LogP contribution in [0, 0.1) is 23.5 Å². The molecule has 0 radical (unpaired) electrons. The summed E-state index contributed by atoms with van der Waals surface area (Å²) in [5.74, 6) is -0.0658. The number of benzene rings is 2. The third-order valence-electron chi connectivity index (χ3n) is 10.9. The molecule has 0 spiro atoms. The summed E-state index contributed by atoms with van der Waals surface area (Å²) in [5.41, 5.74) is -0.197. The predicted octanol–water partition coefficient (Wildman–Crippen LogP) is 5.78. The van der Waals surface area contributed by atoms with Crippen LogP contribution in [0.25, 0.3) is 32.9 Å². The third-order valence-corrected chi connectivity index (χ3v) is 10.9. The number of nitrogens with zero attached hydrogens (tertiary/aromatic N) is 5. The van der Waals surface area contributed by atoms with Gasteiger partial charge in [-0.05, 0) is 59.7 Å². The summed E-state index contributed by atoms with van der Waals surface area (Å²) in [6, 6.07) is 6.26. The van der Waals surface area contributed by atoms with Crippen molar-refractivity contribution in [3.8, 4) is 23.0 Å². The summed E-state index contributed by atoms with van der Waals surface area (Å²) in [4.78, 5) is 17.7. The van der Waals surface area contributed by atoms with E-state index < -0.39 is 35.6 Å². The first-order valence-corrected chi connectivity index (χ1v) is 17.0. The average molecular weight is 682 g/mol. The minimum atomic E-state index is -1.10. The standard InChI is InChI=1S/C36H39F4N5O4/c1-3-25-28(39)5-4-20-8-24(49-18-47-2)9-26(30(20)25)32-31(40)33-27(12-41-32)34(44-13-19-6-21(14-44)29(46)7-19)43-35(42-33)48-17-36-10-22(37)15-45(36)16-23(38)11-36/h4-5,8-9,12,19,21-23,29,46H,3,6-7,10-11,13-18H2,1-2H3/t19-,21-,22?,23?,29-,36?/m1/s1. The van der Waals surface area contributed by atoms with Crippen LogP contribution in [0.1, 0.15) is 38.2 Å². The Morgan fingerprint density at radius 2 is 1.80 bits per heavy atom. The number of rotatable bonds is 9. The van der Waals surface area contributed by atoms with Crippen molar-refractivity contribution < 1.29 is 36.9 Å². The number of hydrogen-bond donors (Lipinski definition) is 1. The quantitative estimate of drug-likeness (QED) is 0.174. The maximum atomic E-state index is 17.1. The average Bonchev–Trinajstić information content (AvgIpc) is 3.65. The van der Waals surface area contributed by atoms with Crippen molar-refractivity contribution >= 4 is 27.5 Å². The Balaban J connectivity index is 1.27. The molecule has 1 saturated carbocycles. The number of alkyl halides is 2. The Kier molecular flexibility index (Phi) is 8.27. The number of anilines is 1.